The van der Waals surface area contributed by atoms with Crippen LogP contribution in [0, 0.1) is 10.1 Å². The van der Waals surface area contributed by atoms with Crippen LogP contribution in [0.3, 0.4) is 0 Å². The van der Waals surface area contributed by atoms with Gasteiger partial charge >= 0.3 is 5.69 Å². The van der Waals surface area contributed by atoms with E-state index in [1.807, 2.05) is 0 Å². The molecule has 1 aliphatic carbocycles. The van der Waals surface area contributed by atoms with Gasteiger partial charge in [-0.25, -0.2) is 4.98 Å². The van der Waals surface area contributed by atoms with E-state index in [0.717, 1.165) is 25.7 Å². The van der Waals surface area contributed by atoms with Crippen molar-refractivity contribution in [3.63, 3.8) is 0 Å². The highest BCUT2D eigenvalue weighted by molar-refractivity contribution is 5.59. The zero-order valence-electron chi connectivity index (χ0n) is 11.0. The number of rotatable bonds is 3. The quantitative estimate of drug-likeness (QED) is 0.646. The largest absolute Gasteiger partial charge is 0.384 e. The minimum Gasteiger partial charge on any atom is -0.384 e. The Labute approximate surface area is 112 Å². The highest BCUT2D eigenvalue weighted by Crippen LogP contribution is 2.26. The van der Waals surface area contributed by atoms with Crippen molar-refractivity contribution in [1.29, 1.82) is 0 Å². The molecule has 0 aromatic carbocycles. The van der Waals surface area contributed by atoms with Gasteiger partial charge in [-0.15, -0.1) is 0 Å². The van der Waals surface area contributed by atoms with Crippen LogP contribution in [0.5, 0.6) is 0 Å². The number of pyridine rings is 1. The summed E-state index contributed by atoms with van der Waals surface area (Å²) in [6.45, 7) is 0. The monoisotopic (exact) mass is 264 g/mol. The van der Waals surface area contributed by atoms with Crippen LogP contribution in [-0.2, 0) is 0 Å². The van der Waals surface area contributed by atoms with Crippen molar-refractivity contribution in [2.75, 3.05) is 11.1 Å². The zero-order valence-corrected chi connectivity index (χ0v) is 11.0. The Hall–Kier alpha value is -1.85. The number of nitrogen functional groups attached to an aromatic ring is 1. The molecule has 0 unspecified atom stereocenters. The Balaban J connectivity index is 2.11. The maximum absolute atomic E-state index is 11.0. The third-order valence-electron chi connectivity index (χ3n) is 3.54. The van der Waals surface area contributed by atoms with Gasteiger partial charge in [0.1, 0.15) is 5.82 Å². The van der Waals surface area contributed by atoms with Gasteiger partial charge in [0, 0.05) is 12.1 Å². The molecule has 0 aliphatic heterocycles. The van der Waals surface area contributed by atoms with E-state index in [0.29, 0.717) is 11.6 Å². The summed E-state index contributed by atoms with van der Waals surface area (Å²) in [6.07, 6.45) is 8.17. The number of hydrogen-bond donors (Lipinski definition) is 2. The van der Waals surface area contributed by atoms with Crippen LogP contribution in [-0.4, -0.2) is 15.9 Å². The fourth-order valence-corrected chi connectivity index (χ4v) is 2.51. The van der Waals surface area contributed by atoms with Crippen LogP contribution in [0.15, 0.2) is 12.1 Å². The second-order valence-electron chi connectivity index (χ2n) is 5.05. The highest BCUT2D eigenvalue weighted by Gasteiger charge is 2.19. The number of nitro groups is 1. The summed E-state index contributed by atoms with van der Waals surface area (Å²) in [5.74, 6) is 0.606. The van der Waals surface area contributed by atoms with Crippen LogP contribution in [0.2, 0.25) is 0 Å². The third kappa shape index (κ3) is 3.81. The number of anilines is 2. The summed E-state index contributed by atoms with van der Waals surface area (Å²) in [5.41, 5.74) is 5.61. The second kappa shape index (κ2) is 6.36. The van der Waals surface area contributed by atoms with Crippen molar-refractivity contribution >= 4 is 17.3 Å². The fourth-order valence-electron chi connectivity index (χ4n) is 2.51. The van der Waals surface area contributed by atoms with Gasteiger partial charge in [-0.05, 0) is 18.9 Å². The summed E-state index contributed by atoms with van der Waals surface area (Å²) >= 11 is 0. The van der Waals surface area contributed by atoms with Crippen LogP contribution >= 0.6 is 0 Å². The maximum atomic E-state index is 11.0. The molecule has 0 saturated heterocycles. The Morgan fingerprint density at radius 1 is 1.21 bits per heavy atom. The summed E-state index contributed by atoms with van der Waals surface area (Å²) in [6, 6.07) is 3.13. The summed E-state index contributed by atoms with van der Waals surface area (Å²) < 4.78 is 0. The fraction of sp³-hybridized carbons (Fsp3) is 0.615. The van der Waals surface area contributed by atoms with E-state index in [-0.39, 0.29) is 11.7 Å². The second-order valence-corrected chi connectivity index (χ2v) is 5.05. The molecule has 0 bridgehead atoms. The predicted octanol–water partition coefficient (Wildman–Crippen LogP) is 3.10. The molecule has 1 saturated carbocycles. The number of hydrogen-bond acceptors (Lipinski definition) is 5. The average Bonchev–Trinajstić information content (AvgIpc) is 2.32. The molecule has 1 fully saturated rings. The maximum Gasteiger partial charge on any atom is 0.311 e. The van der Waals surface area contributed by atoms with Gasteiger partial charge in [0.15, 0.2) is 0 Å². The lowest BCUT2D eigenvalue weighted by atomic mass is 9.97. The van der Waals surface area contributed by atoms with E-state index in [4.69, 9.17) is 5.73 Å². The van der Waals surface area contributed by atoms with E-state index in [1.165, 1.54) is 31.4 Å². The molecule has 6 nitrogen and oxygen atoms in total. The minimum atomic E-state index is -0.419. The van der Waals surface area contributed by atoms with Crippen LogP contribution < -0.4 is 11.1 Å². The van der Waals surface area contributed by atoms with E-state index in [1.54, 1.807) is 0 Å². The van der Waals surface area contributed by atoms with Gasteiger partial charge in [-0.1, -0.05) is 32.1 Å². The molecule has 0 atom stereocenters. The van der Waals surface area contributed by atoms with Gasteiger partial charge < -0.3 is 11.1 Å². The summed E-state index contributed by atoms with van der Waals surface area (Å²) in [5, 5.41) is 14.2. The van der Waals surface area contributed by atoms with E-state index in [9.17, 15) is 10.1 Å². The zero-order chi connectivity index (χ0) is 13.7. The number of aromatic nitrogens is 1. The van der Waals surface area contributed by atoms with Crippen LogP contribution in [0.4, 0.5) is 17.3 Å². The molecular formula is C13H20N4O2. The minimum absolute atomic E-state index is 0.00346. The van der Waals surface area contributed by atoms with Crippen molar-refractivity contribution < 1.29 is 4.92 Å². The molecule has 0 spiro atoms. The Bertz CT molecular complexity index is 442. The summed E-state index contributed by atoms with van der Waals surface area (Å²) in [7, 11) is 0. The smallest absolute Gasteiger partial charge is 0.311 e. The first-order valence-corrected chi connectivity index (χ1v) is 6.84. The molecule has 2 rings (SSSR count). The lowest BCUT2D eigenvalue weighted by molar-refractivity contribution is -0.384. The standard InChI is InChI=1S/C13H20N4O2/c14-12-9-8-11(17(18)19)13(16-12)15-10-6-4-2-1-3-5-7-10/h8-10H,1-7H2,(H3,14,15,16). The normalized spacial score (nSPS) is 17.5. The molecule has 19 heavy (non-hydrogen) atoms. The highest BCUT2D eigenvalue weighted by atomic mass is 16.6. The van der Waals surface area contributed by atoms with Crippen molar-refractivity contribution in [2.45, 2.75) is 51.0 Å². The first-order chi connectivity index (χ1) is 9.16. The van der Waals surface area contributed by atoms with Crippen LogP contribution in [0.25, 0.3) is 0 Å². The molecule has 1 aliphatic rings. The number of nitrogens with zero attached hydrogens (tertiary/aromatic N) is 2. The van der Waals surface area contributed by atoms with Gasteiger partial charge in [-0.2, -0.15) is 0 Å². The lowest BCUT2D eigenvalue weighted by Gasteiger charge is -2.21. The van der Waals surface area contributed by atoms with E-state index in [2.05, 4.69) is 10.3 Å². The van der Waals surface area contributed by atoms with Crippen molar-refractivity contribution in [3.8, 4) is 0 Å². The van der Waals surface area contributed by atoms with Crippen LogP contribution in [0.1, 0.15) is 44.9 Å². The van der Waals surface area contributed by atoms with Gasteiger partial charge in [-0.3, -0.25) is 10.1 Å². The first-order valence-electron chi connectivity index (χ1n) is 6.84. The molecule has 3 N–H and O–H groups in total. The molecule has 104 valence electrons. The van der Waals surface area contributed by atoms with E-state index < -0.39 is 4.92 Å². The topological polar surface area (TPSA) is 94.1 Å². The predicted molar refractivity (Wildman–Crippen MR) is 75.0 cm³/mol. The third-order valence-corrected chi connectivity index (χ3v) is 3.54. The Morgan fingerprint density at radius 2 is 1.84 bits per heavy atom. The molecule has 0 radical (unpaired) electrons. The molecule has 1 heterocycles. The number of nitrogens with two attached hydrogens (primary N) is 1. The molecule has 1 aromatic heterocycles. The van der Waals surface area contributed by atoms with Crippen molar-refractivity contribution in [2.24, 2.45) is 0 Å². The Kier molecular flexibility index (Phi) is 4.54. The van der Waals surface area contributed by atoms with Crippen molar-refractivity contribution in [1.82, 2.24) is 4.98 Å². The molecular weight excluding hydrogens is 244 g/mol. The van der Waals surface area contributed by atoms with E-state index >= 15 is 0 Å². The van der Waals surface area contributed by atoms with Gasteiger partial charge in [0.05, 0.1) is 4.92 Å². The lowest BCUT2D eigenvalue weighted by Crippen LogP contribution is -2.22. The summed E-state index contributed by atoms with van der Waals surface area (Å²) in [4.78, 5) is 14.6. The van der Waals surface area contributed by atoms with Gasteiger partial charge in [0.25, 0.3) is 0 Å². The molecule has 0 amide bonds. The average molecular weight is 264 g/mol. The van der Waals surface area contributed by atoms with Crippen molar-refractivity contribution in [3.05, 3.63) is 22.2 Å². The van der Waals surface area contributed by atoms with Gasteiger partial charge in [0.2, 0.25) is 5.82 Å². The Morgan fingerprint density at radius 3 is 2.47 bits per heavy atom. The SMILES string of the molecule is Nc1ccc([N+](=O)[O-])c(NC2CCCCCCC2)n1. The number of nitrogens with one attached hydrogen (secondary N) is 1. The first kappa shape index (κ1) is 13.6. The molecule has 1 aromatic rings. The molecule has 6 heteroatoms.